The zero-order valence-electron chi connectivity index (χ0n) is 49.0. The third-order valence-corrected chi connectivity index (χ3v) is 14.5. The van der Waals surface area contributed by atoms with E-state index in [9.17, 15) is 30.6 Å². The molecule has 6 heteroatoms. The van der Waals surface area contributed by atoms with Crippen molar-refractivity contribution < 1.29 is 30.6 Å². The number of hydrogen-bond donors (Lipinski definition) is 6. The van der Waals surface area contributed by atoms with Crippen LogP contribution in [0.2, 0.25) is 0 Å². The summed E-state index contributed by atoms with van der Waals surface area (Å²) in [5, 5.41) is 85.3. The lowest BCUT2D eigenvalue weighted by atomic mass is 9.43. The Kier molecular flexibility index (Phi) is 28.6. The summed E-state index contributed by atoms with van der Waals surface area (Å²) < 4.78 is 0. The van der Waals surface area contributed by atoms with Crippen LogP contribution >= 0.6 is 0 Å². The van der Waals surface area contributed by atoms with Crippen LogP contribution in [0, 0.1) is 35.5 Å². The lowest BCUT2D eigenvalue weighted by molar-refractivity contribution is -0.371. The highest BCUT2D eigenvalue weighted by Gasteiger charge is 2.85. The standard InChI is InChI=1S/C66H108O6/c1-49(2)25-19-31-55(13)37-43-61(67)62(68,44-38-56(14)32-20-26-50(3)4)64(70,46-40-58(16)34-22-28-52(7)8)66(72,48-42-60(18)36-24-30-54(11)12)65(71,47-41-59(17)35-23-29-53(9)10)63(61,69)45-39-57(15)33-21-27-51(5)6/h25-30,37-48,55-60,67-72H,19-24,31-36H2,1-18H3/b43-37-,44-38-,45-39-,46-40-,47-41-,48-42-. The minimum atomic E-state index is -2.89. The fourth-order valence-corrected chi connectivity index (χ4v) is 9.48. The van der Waals surface area contributed by atoms with Gasteiger partial charge in [-0.1, -0.05) is 184 Å². The molecule has 6 unspecified atom stereocenters. The molecule has 0 radical (unpaired) electrons. The van der Waals surface area contributed by atoms with Gasteiger partial charge in [-0.05, 0) is 196 Å². The maximum absolute atomic E-state index is 14.2. The third-order valence-electron chi connectivity index (χ3n) is 14.5. The first-order chi connectivity index (χ1) is 33.4. The van der Waals surface area contributed by atoms with E-state index in [2.05, 4.69) is 120 Å². The van der Waals surface area contributed by atoms with Crippen LogP contribution in [0.25, 0.3) is 0 Å². The molecule has 0 aromatic carbocycles. The first kappa shape index (κ1) is 66.7. The number of hydrogen-bond acceptors (Lipinski definition) is 6. The van der Waals surface area contributed by atoms with Crippen molar-refractivity contribution in [3.63, 3.8) is 0 Å². The van der Waals surface area contributed by atoms with Crippen LogP contribution in [0.5, 0.6) is 0 Å². The van der Waals surface area contributed by atoms with Crippen molar-refractivity contribution in [3.05, 3.63) is 143 Å². The van der Waals surface area contributed by atoms with Crippen molar-refractivity contribution in [3.8, 4) is 0 Å². The summed E-state index contributed by atoms with van der Waals surface area (Å²) in [6, 6.07) is 0. The van der Waals surface area contributed by atoms with E-state index in [4.69, 9.17) is 0 Å². The summed E-state index contributed by atoms with van der Waals surface area (Å²) in [6.45, 7) is 36.7. The molecule has 72 heavy (non-hydrogen) atoms. The van der Waals surface area contributed by atoms with Crippen LogP contribution in [-0.2, 0) is 0 Å². The summed E-state index contributed by atoms with van der Waals surface area (Å²) >= 11 is 0. The molecular formula is C66H108O6. The van der Waals surface area contributed by atoms with Gasteiger partial charge in [0.1, 0.15) is 0 Å². The van der Waals surface area contributed by atoms with E-state index in [1.807, 2.05) is 41.5 Å². The van der Waals surface area contributed by atoms with Crippen LogP contribution in [0.15, 0.2) is 143 Å². The van der Waals surface area contributed by atoms with Crippen molar-refractivity contribution in [1.29, 1.82) is 0 Å². The summed E-state index contributed by atoms with van der Waals surface area (Å²) in [6.07, 6.45) is 40.7. The Morgan fingerprint density at radius 3 is 0.458 bits per heavy atom. The molecule has 6 nitrogen and oxygen atoms in total. The Bertz CT molecular complexity index is 1610. The second-order valence-electron chi connectivity index (χ2n) is 23.8. The first-order valence-corrected chi connectivity index (χ1v) is 27.7. The van der Waals surface area contributed by atoms with Gasteiger partial charge in [0.25, 0.3) is 0 Å². The highest BCUT2D eigenvalue weighted by Crippen LogP contribution is 2.62. The van der Waals surface area contributed by atoms with E-state index >= 15 is 0 Å². The Hall–Kier alpha value is -3.36. The van der Waals surface area contributed by atoms with Crippen LogP contribution in [-0.4, -0.2) is 64.2 Å². The molecule has 6 atom stereocenters. The highest BCUT2D eigenvalue weighted by molar-refractivity contribution is 5.55. The zero-order valence-corrected chi connectivity index (χ0v) is 49.0. The molecule has 1 rings (SSSR count). The molecule has 1 aliphatic carbocycles. The summed E-state index contributed by atoms with van der Waals surface area (Å²) in [7, 11) is 0. The average molecular weight is 998 g/mol. The summed E-state index contributed by atoms with van der Waals surface area (Å²) in [5.41, 5.74) is -10.2. The van der Waals surface area contributed by atoms with E-state index in [0.29, 0.717) is 38.5 Å². The Morgan fingerprint density at radius 2 is 0.361 bits per heavy atom. The zero-order chi connectivity index (χ0) is 55.1. The first-order valence-electron chi connectivity index (χ1n) is 27.7. The summed E-state index contributed by atoms with van der Waals surface area (Å²) in [5.74, 6) is -1.02. The van der Waals surface area contributed by atoms with E-state index in [1.54, 1.807) is 36.5 Å². The predicted octanol–water partition coefficient (Wildman–Crippen LogP) is 16.0. The Morgan fingerprint density at radius 1 is 0.250 bits per heavy atom. The van der Waals surface area contributed by atoms with E-state index in [-0.39, 0.29) is 35.5 Å². The minimum Gasteiger partial charge on any atom is -0.379 e. The molecule has 1 saturated carbocycles. The average Bonchev–Trinajstić information content (AvgIpc) is 3.27. The maximum Gasteiger partial charge on any atom is 0.154 e. The normalized spacial score (nSPS) is 28.3. The smallest absolute Gasteiger partial charge is 0.154 e. The maximum atomic E-state index is 14.2. The van der Waals surface area contributed by atoms with Crippen LogP contribution in [0.3, 0.4) is 0 Å². The van der Waals surface area contributed by atoms with Crippen LogP contribution in [0.4, 0.5) is 0 Å². The molecular weight excluding hydrogens is 889 g/mol. The van der Waals surface area contributed by atoms with Gasteiger partial charge < -0.3 is 30.6 Å². The van der Waals surface area contributed by atoms with Crippen molar-refractivity contribution >= 4 is 0 Å². The molecule has 0 heterocycles. The molecule has 1 aliphatic rings. The Balaban J connectivity index is 5.03. The molecule has 1 fully saturated rings. The van der Waals surface area contributed by atoms with Gasteiger partial charge in [-0.3, -0.25) is 0 Å². The lowest BCUT2D eigenvalue weighted by Crippen LogP contribution is -2.93. The molecule has 6 N–H and O–H groups in total. The van der Waals surface area contributed by atoms with E-state index < -0.39 is 33.6 Å². The van der Waals surface area contributed by atoms with Gasteiger partial charge in [-0.15, -0.1) is 0 Å². The number of rotatable bonds is 30. The SMILES string of the molecule is CC(C)=CCCC(C)/C=C\C1(O)C(O)(/C=C\C(C)CCC=C(C)C)C(O)(/C=C\C(C)CCC=C(C)C)C(O)(/C=C\C(C)CCC=C(C)C)C(O)(/C=C\C(C)CCC=C(C)C)C1(O)/C=C\C(C)CCC=C(C)C. The van der Waals surface area contributed by atoms with Gasteiger partial charge >= 0.3 is 0 Å². The fourth-order valence-electron chi connectivity index (χ4n) is 9.48. The van der Waals surface area contributed by atoms with Gasteiger partial charge in [0.05, 0.1) is 0 Å². The molecule has 408 valence electrons. The molecule has 0 spiro atoms. The van der Waals surface area contributed by atoms with Gasteiger partial charge in [0, 0.05) is 0 Å². The number of aliphatic hydroxyl groups is 6. The summed E-state index contributed by atoms with van der Waals surface area (Å²) in [4.78, 5) is 0. The molecule has 0 saturated heterocycles. The largest absolute Gasteiger partial charge is 0.379 e. The second-order valence-corrected chi connectivity index (χ2v) is 23.8. The van der Waals surface area contributed by atoms with E-state index in [1.165, 1.54) is 69.9 Å². The van der Waals surface area contributed by atoms with Crippen molar-refractivity contribution in [2.75, 3.05) is 0 Å². The molecule has 0 aromatic rings. The topological polar surface area (TPSA) is 121 Å². The second kappa shape index (κ2) is 30.9. The van der Waals surface area contributed by atoms with Crippen LogP contribution < -0.4 is 0 Å². The van der Waals surface area contributed by atoms with Gasteiger partial charge in [0.15, 0.2) is 33.6 Å². The molecule has 0 amide bonds. The van der Waals surface area contributed by atoms with Crippen LogP contribution in [0.1, 0.15) is 202 Å². The molecule has 0 aromatic heterocycles. The third kappa shape index (κ3) is 19.1. The van der Waals surface area contributed by atoms with Gasteiger partial charge in [-0.2, -0.15) is 0 Å². The van der Waals surface area contributed by atoms with Gasteiger partial charge in [0.2, 0.25) is 0 Å². The van der Waals surface area contributed by atoms with E-state index in [0.717, 1.165) is 38.5 Å². The van der Waals surface area contributed by atoms with Crippen molar-refractivity contribution in [1.82, 2.24) is 0 Å². The quantitative estimate of drug-likeness (QED) is 0.0399. The predicted molar refractivity (Wildman–Crippen MR) is 312 cm³/mol. The lowest BCUT2D eigenvalue weighted by Gasteiger charge is -2.69. The van der Waals surface area contributed by atoms with Crippen molar-refractivity contribution in [2.24, 2.45) is 35.5 Å². The molecule has 0 bridgehead atoms. The number of allylic oxidation sites excluding steroid dienone is 18. The van der Waals surface area contributed by atoms with Crippen molar-refractivity contribution in [2.45, 2.75) is 235 Å². The Labute approximate surface area is 442 Å². The van der Waals surface area contributed by atoms with Gasteiger partial charge in [-0.25, -0.2) is 0 Å². The monoisotopic (exact) mass is 997 g/mol. The fraction of sp³-hybridized carbons (Fsp3) is 0.636. The highest BCUT2D eigenvalue weighted by atomic mass is 16.5. The minimum absolute atomic E-state index is 0.170. The molecule has 0 aliphatic heterocycles.